The fourth-order valence-electron chi connectivity index (χ4n) is 9.78. The number of aliphatic hydroxyl groups is 5. The third kappa shape index (κ3) is 4.18. The lowest BCUT2D eigenvalue weighted by atomic mass is 9.43. The minimum absolute atomic E-state index is 0.0762. The van der Waals surface area contributed by atoms with Crippen molar-refractivity contribution >= 4 is 0 Å². The zero-order chi connectivity index (χ0) is 27.7. The summed E-state index contributed by atoms with van der Waals surface area (Å²) in [6.07, 6.45) is 3.28. The molecule has 39 heavy (non-hydrogen) atoms. The van der Waals surface area contributed by atoms with Gasteiger partial charge in [-0.1, -0.05) is 13.8 Å². The third-order valence-electron chi connectivity index (χ3n) is 12.1. The van der Waals surface area contributed by atoms with Crippen molar-refractivity contribution in [1.29, 1.82) is 0 Å². The molecule has 1 aromatic rings. The molecule has 6 rings (SSSR count). The smallest absolute Gasteiger partial charge is 0.335 e. The molecule has 5 fully saturated rings. The Kier molecular flexibility index (Phi) is 7.06. The van der Waals surface area contributed by atoms with E-state index in [1.165, 1.54) is 6.07 Å². The van der Waals surface area contributed by atoms with Gasteiger partial charge in [-0.2, -0.15) is 0 Å². The molecule has 5 aliphatic rings. The molecule has 4 saturated carbocycles. The van der Waals surface area contributed by atoms with Crippen molar-refractivity contribution < 1.29 is 39.4 Å². The fraction of sp³-hybridized carbons (Fsp3) is 0.833. The summed E-state index contributed by atoms with van der Waals surface area (Å²) < 4.78 is 17.0. The maximum atomic E-state index is 12.4. The second-order valence-corrected chi connectivity index (χ2v) is 13.6. The van der Waals surface area contributed by atoms with Gasteiger partial charge in [-0.05, 0) is 98.5 Å². The van der Waals surface area contributed by atoms with Crippen LogP contribution in [-0.4, -0.2) is 74.6 Å². The van der Waals surface area contributed by atoms with Gasteiger partial charge >= 0.3 is 5.63 Å². The first-order chi connectivity index (χ1) is 18.5. The van der Waals surface area contributed by atoms with Crippen LogP contribution in [0.5, 0.6) is 0 Å². The van der Waals surface area contributed by atoms with E-state index in [0.29, 0.717) is 11.8 Å². The molecule has 1 unspecified atom stereocenters. The molecule has 5 N–H and O–H groups in total. The summed E-state index contributed by atoms with van der Waals surface area (Å²) in [5, 5.41) is 52.6. The highest BCUT2D eigenvalue weighted by atomic mass is 16.7. The Hall–Kier alpha value is -1.33. The first-order valence-electron chi connectivity index (χ1n) is 14.8. The van der Waals surface area contributed by atoms with Crippen LogP contribution in [0, 0.1) is 28.6 Å². The van der Waals surface area contributed by atoms with Crippen molar-refractivity contribution in [2.24, 2.45) is 28.6 Å². The number of ether oxygens (including phenoxy) is 2. The molecule has 13 atom stereocenters. The van der Waals surface area contributed by atoms with Gasteiger partial charge in [0.1, 0.15) is 24.4 Å². The zero-order valence-corrected chi connectivity index (χ0v) is 22.9. The molecule has 2 heterocycles. The van der Waals surface area contributed by atoms with Gasteiger partial charge in [-0.15, -0.1) is 0 Å². The highest BCUT2D eigenvalue weighted by Crippen LogP contribution is 2.70. The second-order valence-electron chi connectivity index (χ2n) is 13.6. The summed E-state index contributed by atoms with van der Waals surface area (Å²) in [5.74, 6) is 1.22. The average molecular weight is 549 g/mol. The summed E-state index contributed by atoms with van der Waals surface area (Å²) in [5.41, 5.74) is -0.280. The SMILES string of the molecule is C[C@]12CC[C@@H](O[C@H]3O[C@H](CO)[C@H](O)[C@H](O)[C@H]3O)C[C@H]1CC[C@@H]1[C@@H]2CC[C@]2(C)C(c3ccc(=O)oc3)CC[C@]12O. The van der Waals surface area contributed by atoms with Gasteiger partial charge in [-0.25, -0.2) is 4.79 Å². The zero-order valence-electron chi connectivity index (χ0n) is 22.9. The average Bonchev–Trinajstić information content (AvgIpc) is 3.20. The molecule has 0 aromatic carbocycles. The molecule has 218 valence electrons. The quantitative estimate of drug-likeness (QED) is 0.356. The van der Waals surface area contributed by atoms with Crippen molar-refractivity contribution in [3.63, 3.8) is 0 Å². The normalized spacial score (nSPS) is 51.6. The third-order valence-corrected chi connectivity index (χ3v) is 12.1. The Labute approximate surface area is 229 Å². The van der Waals surface area contributed by atoms with E-state index in [0.717, 1.165) is 63.4 Å². The van der Waals surface area contributed by atoms with E-state index in [9.17, 15) is 30.3 Å². The Morgan fingerprint density at radius 2 is 1.74 bits per heavy atom. The second kappa shape index (κ2) is 9.89. The summed E-state index contributed by atoms with van der Waals surface area (Å²) >= 11 is 0. The monoisotopic (exact) mass is 548 g/mol. The van der Waals surface area contributed by atoms with Crippen molar-refractivity contribution in [2.45, 2.75) is 120 Å². The van der Waals surface area contributed by atoms with Crippen molar-refractivity contribution in [3.8, 4) is 0 Å². The Morgan fingerprint density at radius 1 is 0.949 bits per heavy atom. The Balaban J connectivity index is 1.16. The van der Waals surface area contributed by atoms with Crippen LogP contribution in [-0.2, 0) is 9.47 Å². The van der Waals surface area contributed by atoms with Gasteiger partial charge in [0, 0.05) is 11.5 Å². The summed E-state index contributed by atoms with van der Waals surface area (Å²) in [6.45, 7) is 4.16. The van der Waals surface area contributed by atoms with Crippen LogP contribution in [0.25, 0.3) is 0 Å². The van der Waals surface area contributed by atoms with Crippen molar-refractivity contribution in [3.05, 3.63) is 34.4 Å². The van der Waals surface area contributed by atoms with Gasteiger partial charge in [0.05, 0.1) is 24.6 Å². The lowest BCUT2D eigenvalue weighted by Gasteiger charge is -2.63. The highest BCUT2D eigenvalue weighted by Gasteiger charge is 2.67. The Bertz CT molecular complexity index is 1090. The van der Waals surface area contributed by atoms with Crippen molar-refractivity contribution in [2.75, 3.05) is 6.61 Å². The van der Waals surface area contributed by atoms with Crippen LogP contribution in [0.1, 0.15) is 83.1 Å². The van der Waals surface area contributed by atoms with Crippen LogP contribution in [0.3, 0.4) is 0 Å². The minimum atomic E-state index is -1.44. The van der Waals surface area contributed by atoms with Gasteiger partial charge in [0.2, 0.25) is 0 Å². The van der Waals surface area contributed by atoms with E-state index in [2.05, 4.69) is 13.8 Å². The molecule has 1 saturated heterocycles. The first kappa shape index (κ1) is 27.8. The molecule has 9 nitrogen and oxygen atoms in total. The molecule has 0 amide bonds. The fourth-order valence-corrected chi connectivity index (χ4v) is 9.78. The number of hydrogen-bond acceptors (Lipinski definition) is 9. The van der Waals surface area contributed by atoms with Crippen LogP contribution in [0.2, 0.25) is 0 Å². The predicted octanol–water partition coefficient (Wildman–Crippen LogP) is 2.07. The van der Waals surface area contributed by atoms with Gasteiger partial charge in [0.15, 0.2) is 6.29 Å². The maximum Gasteiger partial charge on any atom is 0.335 e. The molecule has 0 spiro atoms. The van der Waals surface area contributed by atoms with E-state index in [-0.39, 0.29) is 34.4 Å². The maximum absolute atomic E-state index is 12.4. The molecular formula is C30H44O9. The largest absolute Gasteiger partial charge is 0.431 e. The summed E-state index contributed by atoms with van der Waals surface area (Å²) in [6, 6.07) is 3.35. The summed E-state index contributed by atoms with van der Waals surface area (Å²) in [4.78, 5) is 11.6. The Morgan fingerprint density at radius 3 is 2.46 bits per heavy atom. The van der Waals surface area contributed by atoms with Gasteiger partial charge in [0.25, 0.3) is 0 Å². The lowest BCUT2D eigenvalue weighted by molar-refractivity contribution is -0.317. The highest BCUT2D eigenvalue weighted by molar-refractivity contribution is 5.27. The van der Waals surface area contributed by atoms with Gasteiger partial charge in [-0.3, -0.25) is 0 Å². The standard InChI is InChI=1S/C30H44O9/c1-28-10-7-18(38-27-26(35)25(34)24(33)22(14-31)39-27)13-17(28)4-5-21-20(28)8-11-29(2)19(9-12-30(21,29)36)16-3-6-23(32)37-15-16/h3,6,15,17-22,24-27,31,33-36H,4-5,7-14H2,1-2H3/t17-,18-,19?,20+,21-,22-,24+,25+,26-,27+,28+,29-,30+/m1/s1. The van der Waals surface area contributed by atoms with Crippen LogP contribution >= 0.6 is 0 Å². The van der Waals surface area contributed by atoms with E-state index in [1.54, 1.807) is 6.26 Å². The first-order valence-corrected chi connectivity index (χ1v) is 14.8. The molecule has 4 aliphatic carbocycles. The van der Waals surface area contributed by atoms with E-state index < -0.39 is 42.9 Å². The number of aliphatic hydroxyl groups excluding tert-OH is 4. The molecule has 9 heteroatoms. The summed E-state index contributed by atoms with van der Waals surface area (Å²) in [7, 11) is 0. The van der Waals surface area contributed by atoms with Gasteiger partial charge < -0.3 is 39.4 Å². The van der Waals surface area contributed by atoms with Crippen LogP contribution in [0.15, 0.2) is 27.6 Å². The lowest BCUT2D eigenvalue weighted by Crippen LogP contribution is -2.62. The molecule has 1 aromatic heterocycles. The van der Waals surface area contributed by atoms with E-state index in [1.807, 2.05) is 6.07 Å². The predicted molar refractivity (Wildman–Crippen MR) is 140 cm³/mol. The topological polar surface area (TPSA) is 150 Å². The van der Waals surface area contributed by atoms with E-state index >= 15 is 0 Å². The number of hydrogen-bond donors (Lipinski definition) is 5. The number of fused-ring (bicyclic) bond motifs is 5. The van der Waals surface area contributed by atoms with Crippen LogP contribution in [0.4, 0.5) is 0 Å². The van der Waals surface area contributed by atoms with Crippen LogP contribution < -0.4 is 5.63 Å². The van der Waals surface area contributed by atoms with Crippen molar-refractivity contribution in [1.82, 2.24) is 0 Å². The molecule has 0 radical (unpaired) electrons. The molecule has 0 bridgehead atoms. The number of rotatable bonds is 4. The molecule has 1 aliphatic heterocycles. The minimum Gasteiger partial charge on any atom is -0.431 e. The van der Waals surface area contributed by atoms with E-state index in [4.69, 9.17) is 13.9 Å². The molecular weight excluding hydrogens is 504 g/mol.